The molecule has 0 aliphatic carbocycles. The summed E-state index contributed by atoms with van der Waals surface area (Å²) in [5.41, 5.74) is 0.207. The summed E-state index contributed by atoms with van der Waals surface area (Å²) in [7, 11) is 1.74. The molecular formula is C14H21N3O3. The molecule has 6 heteroatoms. The third-order valence-corrected chi connectivity index (χ3v) is 2.82. The van der Waals surface area contributed by atoms with E-state index in [0.29, 0.717) is 17.9 Å². The summed E-state index contributed by atoms with van der Waals surface area (Å²) in [4.78, 5) is 13.6. The van der Waals surface area contributed by atoms with Gasteiger partial charge in [-0.1, -0.05) is 0 Å². The molecule has 0 aromatic carbocycles. The highest BCUT2D eigenvalue weighted by Crippen LogP contribution is 2.25. The van der Waals surface area contributed by atoms with Gasteiger partial charge in [0, 0.05) is 12.1 Å². The lowest BCUT2D eigenvalue weighted by molar-refractivity contribution is -0.117. The van der Waals surface area contributed by atoms with E-state index in [-0.39, 0.29) is 18.3 Å². The van der Waals surface area contributed by atoms with E-state index in [1.165, 1.54) is 0 Å². The van der Waals surface area contributed by atoms with Gasteiger partial charge in [-0.2, -0.15) is 5.26 Å². The van der Waals surface area contributed by atoms with Crippen molar-refractivity contribution in [2.45, 2.75) is 33.3 Å². The summed E-state index contributed by atoms with van der Waals surface area (Å²) in [6.07, 6.45) is 0. The molecule has 0 aliphatic rings. The van der Waals surface area contributed by atoms with Crippen LogP contribution in [0.25, 0.3) is 0 Å². The molecule has 1 aromatic heterocycles. The number of hydrogen-bond acceptors (Lipinski definition) is 5. The highest BCUT2D eigenvalue weighted by atomic mass is 16.4. The topological polar surface area (TPSA) is 89.5 Å². The van der Waals surface area contributed by atoms with E-state index in [0.717, 1.165) is 5.56 Å². The molecule has 0 spiro atoms. The van der Waals surface area contributed by atoms with Crippen molar-refractivity contribution in [1.82, 2.24) is 4.90 Å². The van der Waals surface area contributed by atoms with E-state index in [9.17, 15) is 9.90 Å². The normalized spacial score (nSPS) is 11.5. The van der Waals surface area contributed by atoms with E-state index in [1.807, 2.05) is 6.07 Å². The average Bonchev–Trinajstić information content (AvgIpc) is 2.50. The molecule has 20 heavy (non-hydrogen) atoms. The van der Waals surface area contributed by atoms with Crippen molar-refractivity contribution >= 4 is 11.8 Å². The number of hydrogen-bond donors (Lipinski definition) is 2. The van der Waals surface area contributed by atoms with Crippen molar-refractivity contribution in [3.05, 3.63) is 16.9 Å². The first-order valence-electron chi connectivity index (χ1n) is 6.35. The Labute approximate surface area is 119 Å². The Bertz CT molecular complexity index is 535. The summed E-state index contributed by atoms with van der Waals surface area (Å²) in [5.74, 6) is 0.507. The highest BCUT2D eigenvalue weighted by molar-refractivity contribution is 5.92. The number of likely N-dealkylation sites (N-methyl/N-ethyl adjacent to an activating group) is 1. The van der Waals surface area contributed by atoms with Crippen LogP contribution in [0, 0.1) is 25.2 Å². The number of aliphatic hydroxyl groups is 1. The predicted octanol–water partition coefficient (Wildman–Crippen LogP) is 1.41. The van der Waals surface area contributed by atoms with Gasteiger partial charge >= 0.3 is 0 Å². The second-order valence-electron chi connectivity index (χ2n) is 5.63. The number of carbonyl (C=O) groups excluding carboxylic acids is 1. The fraction of sp³-hybridized carbons (Fsp3) is 0.571. The fourth-order valence-corrected chi connectivity index (χ4v) is 1.98. The zero-order chi connectivity index (χ0) is 15.5. The number of furan rings is 1. The molecule has 1 amide bonds. The molecule has 110 valence electrons. The molecule has 6 nitrogen and oxygen atoms in total. The Kier molecular flexibility index (Phi) is 4.93. The quantitative estimate of drug-likeness (QED) is 0.850. The Morgan fingerprint density at radius 1 is 1.50 bits per heavy atom. The fourth-order valence-electron chi connectivity index (χ4n) is 1.98. The van der Waals surface area contributed by atoms with Crippen LogP contribution in [0.4, 0.5) is 5.88 Å². The third kappa shape index (κ3) is 4.37. The Balaban J connectivity index is 2.68. The molecule has 0 aliphatic heterocycles. The van der Waals surface area contributed by atoms with Gasteiger partial charge < -0.3 is 9.52 Å². The number of aryl methyl sites for hydroxylation is 1. The van der Waals surface area contributed by atoms with E-state index >= 15 is 0 Å². The molecule has 0 atom stereocenters. The summed E-state index contributed by atoms with van der Waals surface area (Å²) in [6, 6.07) is 2.02. The molecule has 0 radical (unpaired) electrons. The van der Waals surface area contributed by atoms with Gasteiger partial charge in [0.15, 0.2) is 0 Å². The number of nitrogens with zero attached hydrogens (tertiary/aromatic N) is 2. The summed E-state index contributed by atoms with van der Waals surface area (Å²) >= 11 is 0. The smallest absolute Gasteiger partial charge is 0.240 e. The number of nitrogens with one attached hydrogen (secondary N) is 1. The lowest BCUT2D eigenvalue weighted by atomic mass is 10.1. The minimum absolute atomic E-state index is 0.105. The Hall–Kier alpha value is -1.84. The van der Waals surface area contributed by atoms with E-state index in [1.54, 1.807) is 39.6 Å². The SMILES string of the molecule is Cc1oc(NC(=O)CN(C)CC(C)(C)O)c(C#N)c1C. The number of carbonyl (C=O) groups is 1. The highest BCUT2D eigenvalue weighted by Gasteiger charge is 2.20. The molecule has 2 N–H and O–H groups in total. The summed E-state index contributed by atoms with van der Waals surface area (Å²) in [6.45, 7) is 7.33. The Morgan fingerprint density at radius 3 is 2.60 bits per heavy atom. The minimum atomic E-state index is -0.870. The third-order valence-electron chi connectivity index (χ3n) is 2.82. The maximum absolute atomic E-state index is 11.9. The number of amides is 1. The first-order valence-corrected chi connectivity index (χ1v) is 6.35. The van der Waals surface area contributed by atoms with Crippen LogP contribution >= 0.6 is 0 Å². The van der Waals surface area contributed by atoms with Gasteiger partial charge in [0.2, 0.25) is 11.8 Å². The first kappa shape index (κ1) is 16.2. The molecule has 1 heterocycles. The van der Waals surface area contributed by atoms with Crippen LogP contribution in [0.5, 0.6) is 0 Å². The molecule has 0 bridgehead atoms. The monoisotopic (exact) mass is 279 g/mol. The van der Waals surface area contributed by atoms with Crippen molar-refractivity contribution in [3.63, 3.8) is 0 Å². The van der Waals surface area contributed by atoms with Crippen LogP contribution in [0.3, 0.4) is 0 Å². The van der Waals surface area contributed by atoms with Crippen molar-refractivity contribution < 1.29 is 14.3 Å². The second kappa shape index (κ2) is 6.07. The molecule has 0 fully saturated rings. The summed E-state index contributed by atoms with van der Waals surface area (Å²) in [5, 5.41) is 21.3. The van der Waals surface area contributed by atoms with Crippen LogP contribution in [-0.4, -0.2) is 41.7 Å². The van der Waals surface area contributed by atoms with Gasteiger partial charge in [-0.3, -0.25) is 15.0 Å². The van der Waals surface area contributed by atoms with Crippen LogP contribution in [-0.2, 0) is 4.79 Å². The van der Waals surface area contributed by atoms with Crippen molar-refractivity contribution in [2.75, 3.05) is 25.5 Å². The van der Waals surface area contributed by atoms with Gasteiger partial charge in [-0.25, -0.2) is 0 Å². The lowest BCUT2D eigenvalue weighted by Crippen LogP contribution is -2.40. The number of nitriles is 1. The van der Waals surface area contributed by atoms with Gasteiger partial charge in [0.1, 0.15) is 17.4 Å². The van der Waals surface area contributed by atoms with E-state index < -0.39 is 5.60 Å². The van der Waals surface area contributed by atoms with Gasteiger partial charge in [0.25, 0.3) is 0 Å². The molecule has 1 aromatic rings. The van der Waals surface area contributed by atoms with Crippen molar-refractivity contribution in [2.24, 2.45) is 0 Å². The minimum Gasteiger partial charge on any atom is -0.444 e. The van der Waals surface area contributed by atoms with Gasteiger partial charge in [0.05, 0.1) is 12.1 Å². The van der Waals surface area contributed by atoms with Crippen LogP contribution in [0.1, 0.15) is 30.7 Å². The van der Waals surface area contributed by atoms with Crippen LogP contribution < -0.4 is 5.32 Å². The molecule has 0 saturated heterocycles. The number of anilines is 1. The largest absolute Gasteiger partial charge is 0.444 e. The summed E-state index contributed by atoms with van der Waals surface area (Å²) < 4.78 is 5.37. The second-order valence-corrected chi connectivity index (χ2v) is 5.63. The van der Waals surface area contributed by atoms with E-state index in [2.05, 4.69) is 5.32 Å². The average molecular weight is 279 g/mol. The van der Waals surface area contributed by atoms with Crippen LogP contribution in [0.15, 0.2) is 4.42 Å². The maximum atomic E-state index is 11.9. The van der Waals surface area contributed by atoms with Crippen molar-refractivity contribution in [1.29, 1.82) is 5.26 Å². The molecular weight excluding hydrogens is 258 g/mol. The molecule has 1 rings (SSSR count). The van der Waals surface area contributed by atoms with E-state index in [4.69, 9.17) is 9.68 Å². The Morgan fingerprint density at radius 2 is 2.10 bits per heavy atom. The first-order chi connectivity index (χ1) is 9.14. The molecule has 0 unspecified atom stereocenters. The van der Waals surface area contributed by atoms with Crippen LogP contribution in [0.2, 0.25) is 0 Å². The van der Waals surface area contributed by atoms with Gasteiger partial charge in [-0.05, 0) is 34.7 Å². The maximum Gasteiger partial charge on any atom is 0.240 e. The molecule has 0 saturated carbocycles. The zero-order valence-electron chi connectivity index (χ0n) is 12.6. The predicted molar refractivity (Wildman–Crippen MR) is 75.3 cm³/mol. The van der Waals surface area contributed by atoms with Crippen molar-refractivity contribution in [3.8, 4) is 6.07 Å². The van der Waals surface area contributed by atoms with Gasteiger partial charge in [-0.15, -0.1) is 0 Å². The number of rotatable bonds is 5. The zero-order valence-corrected chi connectivity index (χ0v) is 12.6. The lowest BCUT2D eigenvalue weighted by Gasteiger charge is -2.24. The standard InChI is InChI=1S/C14H21N3O3/c1-9-10(2)20-13(11(9)6-15)16-12(18)7-17(5)8-14(3,4)19/h19H,7-8H2,1-5H3,(H,16,18).